The van der Waals surface area contributed by atoms with Gasteiger partial charge in [0.05, 0.1) is 25.2 Å². The zero-order chi connectivity index (χ0) is 43.8. The molecule has 3 N–H and O–H groups in total. The van der Waals surface area contributed by atoms with Crippen LogP contribution in [-0.2, 0) is 14.3 Å². The van der Waals surface area contributed by atoms with Crippen LogP contribution >= 0.6 is 0 Å². The van der Waals surface area contributed by atoms with Gasteiger partial charge < -0.3 is 20.3 Å². The number of rotatable bonds is 48. The molecule has 3 atom stereocenters. The maximum atomic E-state index is 13.2. The van der Waals surface area contributed by atoms with E-state index in [-0.39, 0.29) is 24.9 Å². The van der Waals surface area contributed by atoms with Gasteiger partial charge in [-0.2, -0.15) is 0 Å². The van der Waals surface area contributed by atoms with E-state index in [1.165, 1.54) is 180 Å². The highest BCUT2D eigenvalue weighted by atomic mass is 16.5. The third kappa shape index (κ3) is 43.0. The van der Waals surface area contributed by atoms with Crippen LogP contribution in [-0.4, -0.2) is 46.9 Å². The summed E-state index contributed by atoms with van der Waals surface area (Å²) in [5, 5.41) is 23.8. The van der Waals surface area contributed by atoms with Crippen LogP contribution in [0.3, 0.4) is 0 Å². The van der Waals surface area contributed by atoms with E-state index < -0.39 is 18.2 Å². The van der Waals surface area contributed by atoms with Crippen molar-refractivity contribution in [3.8, 4) is 0 Å². The molecule has 0 aliphatic rings. The van der Waals surface area contributed by atoms with Crippen LogP contribution in [0.4, 0.5) is 0 Å². The average molecular weight is 846 g/mol. The van der Waals surface area contributed by atoms with Gasteiger partial charge in [-0.1, -0.05) is 238 Å². The smallest absolute Gasteiger partial charge is 0.306 e. The number of nitrogens with one attached hydrogen (secondary N) is 1. The highest BCUT2D eigenvalue weighted by Gasteiger charge is 2.24. The fourth-order valence-corrected chi connectivity index (χ4v) is 8.23. The summed E-state index contributed by atoms with van der Waals surface area (Å²) in [6.45, 7) is 6.47. The van der Waals surface area contributed by atoms with E-state index in [0.717, 1.165) is 57.8 Å². The van der Waals surface area contributed by atoms with Gasteiger partial charge in [-0.15, -0.1) is 0 Å². The number of amides is 1. The Kier molecular flexibility index (Phi) is 47.0. The number of esters is 1. The van der Waals surface area contributed by atoms with E-state index in [0.29, 0.717) is 19.3 Å². The largest absolute Gasteiger partial charge is 0.462 e. The van der Waals surface area contributed by atoms with Crippen LogP contribution < -0.4 is 5.32 Å². The molecule has 354 valence electrons. The van der Waals surface area contributed by atoms with Gasteiger partial charge in [0.2, 0.25) is 5.91 Å². The first-order valence-corrected chi connectivity index (χ1v) is 26.6. The Labute approximate surface area is 373 Å². The lowest BCUT2D eigenvalue weighted by atomic mass is 10.0. The molecule has 0 aliphatic heterocycles. The second-order valence-corrected chi connectivity index (χ2v) is 18.3. The van der Waals surface area contributed by atoms with Crippen molar-refractivity contribution in [1.29, 1.82) is 0 Å². The van der Waals surface area contributed by atoms with Crippen molar-refractivity contribution >= 4 is 11.9 Å². The molecule has 0 aromatic heterocycles. The van der Waals surface area contributed by atoms with Gasteiger partial charge in [-0.05, 0) is 57.8 Å². The van der Waals surface area contributed by atoms with Gasteiger partial charge in [0.15, 0.2) is 0 Å². The van der Waals surface area contributed by atoms with E-state index in [1.54, 1.807) is 0 Å². The van der Waals surface area contributed by atoms with E-state index in [1.807, 2.05) is 0 Å². The highest BCUT2D eigenvalue weighted by Crippen LogP contribution is 2.18. The first-order valence-electron chi connectivity index (χ1n) is 26.6. The van der Waals surface area contributed by atoms with Gasteiger partial charge >= 0.3 is 5.97 Å². The topological polar surface area (TPSA) is 95.9 Å². The lowest BCUT2D eigenvalue weighted by Gasteiger charge is -2.24. The molecule has 0 heterocycles. The molecule has 6 heteroatoms. The Morgan fingerprint density at radius 1 is 0.483 bits per heavy atom. The number of aliphatic hydroxyl groups excluding tert-OH is 2. The summed E-state index contributed by atoms with van der Waals surface area (Å²) in [4.78, 5) is 26.1. The van der Waals surface area contributed by atoms with Crippen LogP contribution in [0.1, 0.15) is 284 Å². The fraction of sp³-hybridized carbons (Fsp3) is 0.889. The van der Waals surface area contributed by atoms with Gasteiger partial charge in [-0.25, -0.2) is 0 Å². The monoisotopic (exact) mass is 846 g/mol. The first kappa shape index (κ1) is 58.3. The van der Waals surface area contributed by atoms with Gasteiger partial charge in [0.25, 0.3) is 0 Å². The molecule has 1 amide bonds. The Balaban J connectivity index is 4.52. The number of ether oxygens (including phenoxy) is 1. The van der Waals surface area contributed by atoms with E-state index in [4.69, 9.17) is 4.74 Å². The third-order valence-electron chi connectivity index (χ3n) is 12.3. The number of carbonyl (C=O) groups is 2. The van der Waals surface area contributed by atoms with E-state index in [2.05, 4.69) is 50.4 Å². The van der Waals surface area contributed by atoms with Crippen LogP contribution in [0.2, 0.25) is 0 Å². The Hall–Kier alpha value is -1.66. The molecular formula is C54H103NO5. The number of carbonyl (C=O) groups excluding carboxylic acids is 2. The molecule has 0 spiro atoms. The zero-order valence-corrected chi connectivity index (χ0v) is 40.4. The molecule has 0 saturated heterocycles. The van der Waals surface area contributed by atoms with E-state index >= 15 is 0 Å². The summed E-state index contributed by atoms with van der Waals surface area (Å²) in [6.07, 6.45) is 55.2. The maximum Gasteiger partial charge on any atom is 0.306 e. The van der Waals surface area contributed by atoms with Crippen molar-refractivity contribution in [3.63, 3.8) is 0 Å². The third-order valence-corrected chi connectivity index (χ3v) is 12.3. The molecule has 6 nitrogen and oxygen atoms in total. The zero-order valence-electron chi connectivity index (χ0n) is 40.4. The van der Waals surface area contributed by atoms with Crippen molar-refractivity contribution in [1.82, 2.24) is 5.32 Å². The second kappa shape index (κ2) is 48.4. The summed E-state index contributed by atoms with van der Waals surface area (Å²) in [7, 11) is 0. The molecule has 0 rings (SSSR count). The predicted molar refractivity (Wildman–Crippen MR) is 260 cm³/mol. The van der Waals surface area contributed by atoms with Gasteiger partial charge in [-0.3, -0.25) is 9.59 Å². The normalized spacial score (nSPS) is 13.3. The van der Waals surface area contributed by atoms with Crippen LogP contribution in [0, 0.1) is 0 Å². The van der Waals surface area contributed by atoms with Crippen LogP contribution in [0.25, 0.3) is 0 Å². The molecule has 0 aromatic carbocycles. The lowest BCUT2D eigenvalue weighted by Crippen LogP contribution is -2.46. The van der Waals surface area contributed by atoms with Crippen molar-refractivity contribution in [2.75, 3.05) is 6.61 Å². The number of hydrogen-bond donors (Lipinski definition) is 3. The quantitative estimate of drug-likeness (QED) is 0.0322. The Morgan fingerprint density at radius 3 is 1.30 bits per heavy atom. The summed E-state index contributed by atoms with van der Waals surface area (Å²) >= 11 is 0. The summed E-state index contributed by atoms with van der Waals surface area (Å²) < 4.78 is 5.94. The van der Waals surface area contributed by atoms with Crippen molar-refractivity contribution in [2.24, 2.45) is 0 Å². The Morgan fingerprint density at radius 2 is 0.850 bits per heavy atom. The fourth-order valence-electron chi connectivity index (χ4n) is 8.23. The summed E-state index contributed by atoms with van der Waals surface area (Å²) in [5.41, 5.74) is 0. The second-order valence-electron chi connectivity index (χ2n) is 18.3. The molecule has 0 aliphatic carbocycles. The van der Waals surface area contributed by atoms with Gasteiger partial charge in [0, 0.05) is 6.42 Å². The van der Waals surface area contributed by atoms with Crippen LogP contribution in [0.5, 0.6) is 0 Å². The van der Waals surface area contributed by atoms with Crippen molar-refractivity contribution < 1.29 is 24.5 Å². The molecule has 0 saturated carbocycles. The minimum Gasteiger partial charge on any atom is -0.462 e. The molecule has 0 fully saturated rings. The highest BCUT2D eigenvalue weighted by molar-refractivity contribution is 5.77. The number of hydrogen-bond acceptors (Lipinski definition) is 5. The van der Waals surface area contributed by atoms with Crippen molar-refractivity contribution in [3.05, 3.63) is 24.3 Å². The minimum atomic E-state index is -0.784. The van der Waals surface area contributed by atoms with Crippen molar-refractivity contribution in [2.45, 2.75) is 302 Å². The summed E-state index contributed by atoms with van der Waals surface area (Å²) in [6, 6.07) is -0.697. The molecule has 0 bridgehead atoms. The minimum absolute atomic E-state index is 0.0799. The van der Waals surface area contributed by atoms with Crippen LogP contribution in [0.15, 0.2) is 24.3 Å². The van der Waals surface area contributed by atoms with E-state index in [9.17, 15) is 19.8 Å². The maximum absolute atomic E-state index is 13.2. The molecule has 3 unspecified atom stereocenters. The number of unbranched alkanes of at least 4 members (excludes halogenated alkanes) is 32. The Bertz CT molecular complexity index is 950. The predicted octanol–water partition coefficient (Wildman–Crippen LogP) is 15.9. The van der Waals surface area contributed by atoms with Gasteiger partial charge in [0.1, 0.15) is 6.10 Å². The summed E-state index contributed by atoms with van der Waals surface area (Å²) in [5.74, 6) is -0.468. The number of aliphatic hydroxyl groups is 2. The number of allylic oxidation sites excluding steroid dienone is 4. The lowest BCUT2D eigenvalue weighted by molar-refractivity contribution is -0.151. The standard InChI is InChI=1S/C54H103NO5/c1-4-7-10-13-16-19-22-25-26-27-28-29-32-35-38-41-44-47-54(59)60-50(45-42-39-36-33-30-23-20-17-14-11-8-5-2)48-53(58)55-51(49-56)52(57)46-43-40-37-34-31-24-21-18-15-12-9-6-3/h16,19,25-26,50-52,56-57H,4-15,17-18,20-24,27-49H2,1-3H3,(H,55,58)/b19-16-,26-25-. The average Bonchev–Trinajstić information content (AvgIpc) is 3.24. The molecule has 60 heavy (non-hydrogen) atoms. The first-order chi connectivity index (χ1) is 29.5. The SMILES string of the molecule is CCCCC/C=C\C/C=C\CCCCCCCCCC(=O)OC(CCCCCCCCCCCCCC)CC(=O)NC(CO)C(O)CCCCCCCCCCCCCC. The molecule has 0 aromatic rings. The molecule has 0 radical (unpaired) electrons. The molecular weight excluding hydrogens is 743 g/mol.